The number of aromatic nitrogens is 1. The average molecular weight is 300 g/mol. The highest BCUT2D eigenvalue weighted by molar-refractivity contribution is 7.18. The first-order chi connectivity index (χ1) is 8.58. The van der Waals surface area contributed by atoms with E-state index in [4.69, 9.17) is 5.73 Å². The Hall–Kier alpha value is -1.17. The minimum atomic E-state index is -0.181. The first kappa shape index (κ1) is 15.9. The maximum Gasteiger partial charge on any atom is 0.224 e. The number of hydrogen-bond acceptors (Lipinski definition) is 4. The fourth-order valence-corrected chi connectivity index (χ4v) is 2.47. The molecule has 2 aromatic rings. The quantitative estimate of drug-likeness (QED) is 0.910. The molecule has 1 amide bonds. The van der Waals surface area contributed by atoms with E-state index in [0.29, 0.717) is 6.54 Å². The number of nitrogens with two attached hydrogens (primary N) is 1. The smallest absolute Gasteiger partial charge is 0.224 e. The highest BCUT2D eigenvalue weighted by Crippen LogP contribution is 2.21. The van der Waals surface area contributed by atoms with Crippen molar-refractivity contribution in [1.29, 1.82) is 0 Å². The molecule has 0 radical (unpaired) electrons. The number of thiazole rings is 1. The van der Waals surface area contributed by atoms with Crippen LogP contribution in [0.2, 0.25) is 0 Å². The summed E-state index contributed by atoms with van der Waals surface area (Å²) in [7, 11) is 0. The molecule has 1 aromatic carbocycles. The first-order valence-electron chi connectivity index (χ1n) is 5.95. The van der Waals surface area contributed by atoms with Crippen molar-refractivity contribution in [3.05, 3.63) is 29.3 Å². The van der Waals surface area contributed by atoms with Gasteiger partial charge >= 0.3 is 0 Å². The van der Waals surface area contributed by atoms with Crippen molar-refractivity contribution in [3.8, 4) is 0 Å². The van der Waals surface area contributed by atoms with Crippen molar-refractivity contribution in [2.75, 3.05) is 0 Å². The molecule has 0 aliphatic carbocycles. The van der Waals surface area contributed by atoms with E-state index in [1.54, 1.807) is 11.3 Å². The van der Waals surface area contributed by atoms with Crippen molar-refractivity contribution in [2.24, 2.45) is 11.7 Å². The van der Waals surface area contributed by atoms with Gasteiger partial charge in [-0.15, -0.1) is 23.7 Å². The predicted molar refractivity (Wildman–Crippen MR) is 81.5 cm³/mol. The number of nitrogens with one attached hydrogen (secondary N) is 1. The Bertz CT molecular complexity index is 523. The zero-order valence-corrected chi connectivity index (χ0v) is 12.6. The largest absolute Gasteiger partial charge is 0.349 e. The maximum absolute atomic E-state index is 11.8. The summed E-state index contributed by atoms with van der Waals surface area (Å²) in [5, 5.41) is 3.79. The second kappa shape index (κ2) is 6.84. The van der Waals surface area contributed by atoms with Gasteiger partial charge in [0.1, 0.15) is 5.01 Å². The molecule has 1 heterocycles. The topological polar surface area (TPSA) is 68.0 Å². The van der Waals surface area contributed by atoms with Gasteiger partial charge in [-0.25, -0.2) is 4.98 Å². The molecule has 0 aliphatic rings. The van der Waals surface area contributed by atoms with Crippen molar-refractivity contribution in [1.82, 2.24) is 10.3 Å². The van der Waals surface area contributed by atoms with E-state index in [9.17, 15) is 4.79 Å². The van der Waals surface area contributed by atoms with Crippen LogP contribution in [-0.2, 0) is 11.3 Å². The summed E-state index contributed by atoms with van der Waals surface area (Å²) < 4.78 is 1.14. The molecule has 19 heavy (non-hydrogen) atoms. The van der Waals surface area contributed by atoms with Crippen LogP contribution >= 0.6 is 23.7 Å². The summed E-state index contributed by atoms with van der Waals surface area (Å²) in [6.07, 6.45) is 0. The molecule has 1 aromatic heterocycles. The Morgan fingerprint density at radius 2 is 2.11 bits per heavy atom. The fourth-order valence-electron chi connectivity index (χ4n) is 1.56. The zero-order chi connectivity index (χ0) is 13.1. The molecule has 0 aliphatic heterocycles. The SMILES string of the molecule is CC(N)C(C)C(=O)NCc1nc2ccccc2s1.Cl. The molecule has 0 fully saturated rings. The summed E-state index contributed by atoms with van der Waals surface area (Å²) >= 11 is 1.60. The number of rotatable bonds is 4. The lowest BCUT2D eigenvalue weighted by atomic mass is 10.0. The molecule has 2 rings (SSSR count). The monoisotopic (exact) mass is 299 g/mol. The van der Waals surface area contributed by atoms with E-state index in [-0.39, 0.29) is 30.3 Å². The van der Waals surface area contributed by atoms with Gasteiger partial charge in [0.25, 0.3) is 0 Å². The lowest BCUT2D eigenvalue weighted by Gasteiger charge is -2.14. The van der Waals surface area contributed by atoms with Crippen LogP contribution in [0.5, 0.6) is 0 Å². The molecule has 6 heteroatoms. The van der Waals surface area contributed by atoms with Gasteiger partial charge in [-0.05, 0) is 19.1 Å². The Balaban J connectivity index is 0.00000180. The molecular formula is C13H18ClN3OS. The fraction of sp³-hybridized carbons (Fsp3) is 0.385. The van der Waals surface area contributed by atoms with Gasteiger partial charge in [0.05, 0.1) is 16.8 Å². The molecule has 0 saturated carbocycles. The molecule has 4 nitrogen and oxygen atoms in total. The van der Waals surface area contributed by atoms with Gasteiger partial charge in [-0.3, -0.25) is 4.79 Å². The molecular weight excluding hydrogens is 282 g/mol. The third kappa shape index (κ3) is 3.89. The van der Waals surface area contributed by atoms with Crippen LogP contribution in [0.1, 0.15) is 18.9 Å². The third-order valence-electron chi connectivity index (χ3n) is 2.95. The van der Waals surface area contributed by atoms with Gasteiger partial charge < -0.3 is 11.1 Å². The van der Waals surface area contributed by atoms with E-state index >= 15 is 0 Å². The Morgan fingerprint density at radius 3 is 2.74 bits per heavy atom. The molecule has 0 bridgehead atoms. The predicted octanol–water partition coefficient (Wildman–Crippen LogP) is 2.32. The molecule has 3 N–H and O–H groups in total. The van der Waals surface area contributed by atoms with E-state index < -0.39 is 0 Å². The van der Waals surface area contributed by atoms with Crippen LogP contribution in [0, 0.1) is 5.92 Å². The summed E-state index contributed by atoms with van der Waals surface area (Å²) in [5.41, 5.74) is 6.67. The van der Waals surface area contributed by atoms with Crippen molar-refractivity contribution < 1.29 is 4.79 Å². The minimum absolute atomic E-state index is 0. The first-order valence-corrected chi connectivity index (χ1v) is 6.77. The van der Waals surface area contributed by atoms with Crippen molar-refractivity contribution in [2.45, 2.75) is 26.4 Å². The van der Waals surface area contributed by atoms with Crippen LogP contribution in [0.4, 0.5) is 0 Å². The number of halogens is 1. The summed E-state index contributed by atoms with van der Waals surface area (Å²) in [6, 6.07) is 7.81. The number of carbonyl (C=O) groups is 1. The van der Waals surface area contributed by atoms with Crippen LogP contribution < -0.4 is 11.1 Å². The summed E-state index contributed by atoms with van der Waals surface area (Å²) in [6.45, 7) is 4.13. The third-order valence-corrected chi connectivity index (χ3v) is 3.99. The van der Waals surface area contributed by atoms with E-state index in [2.05, 4.69) is 10.3 Å². The van der Waals surface area contributed by atoms with Gasteiger partial charge in [0.2, 0.25) is 5.91 Å². The second-order valence-corrected chi connectivity index (χ2v) is 5.56. The highest BCUT2D eigenvalue weighted by atomic mass is 35.5. The number of hydrogen-bond donors (Lipinski definition) is 2. The number of fused-ring (bicyclic) bond motifs is 1. The maximum atomic E-state index is 11.8. The Labute approximate surface area is 122 Å². The summed E-state index contributed by atoms with van der Waals surface area (Å²) in [4.78, 5) is 16.2. The van der Waals surface area contributed by atoms with E-state index in [0.717, 1.165) is 15.2 Å². The number of para-hydroxylation sites is 1. The zero-order valence-electron chi connectivity index (χ0n) is 10.9. The minimum Gasteiger partial charge on any atom is -0.349 e. The molecule has 2 atom stereocenters. The number of nitrogens with zero attached hydrogens (tertiary/aromatic N) is 1. The number of carbonyl (C=O) groups excluding carboxylic acids is 1. The lowest BCUT2D eigenvalue weighted by molar-refractivity contribution is -0.125. The molecule has 0 spiro atoms. The Kier molecular flexibility index (Phi) is 5.72. The van der Waals surface area contributed by atoms with Gasteiger partial charge in [0, 0.05) is 12.0 Å². The second-order valence-electron chi connectivity index (χ2n) is 4.44. The highest BCUT2D eigenvalue weighted by Gasteiger charge is 2.16. The molecule has 0 saturated heterocycles. The average Bonchev–Trinajstić information content (AvgIpc) is 2.77. The lowest BCUT2D eigenvalue weighted by Crippen LogP contribution is -2.38. The Morgan fingerprint density at radius 1 is 1.42 bits per heavy atom. The summed E-state index contributed by atoms with van der Waals surface area (Å²) in [5.74, 6) is -0.205. The van der Waals surface area contributed by atoms with Gasteiger partial charge in [0.15, 0.2) is 0 Å². The van der Waals surface area contributed by atoms with Crippen LogP contribution in [0.25, 0.3) is 10.2 Å². The normalized spacial score (nSPS) is 13.6. The molecule has 2 unspecified atom stereocenters. The number of benzene rings is 1. The van der Waals surface area contributed by atoms with Gasteiger partial charge in [-0.1, -0.05) is 19.1 Å². The van der Waals surface area contributed by atoms with Crippen LogP contribution in [-0.4, -0.2) is 16.9 Å². The van der Waals surface area contributed by atoms with Crippen molar-refractivity contribution in [3.63, 3.8) is 0 Å². The standard InChI is InChI=1S/C13H17N3OS.ClH/c1-8(9(2)14)13(17)15-7-12-16-10-5-3-4-6-11(10)18-12;/h3-6,8-9H,7,14H2,1-2H3,(H,15,17);1H. The molecule has 104 valence electrons. The van der Waals surface area contributed by atoms with Crippen LogP contribution in [0.15, 0.2) is 24.3 Å². The van der Waals surface area contributed by atoms with Crippen LogP contribution in [0.3, 0.4) is 0 Å². The van der Waals surface area contributed by atoms with E-state index in [1.165, 1.54) is 0 Å². The van der Waals surface area contributed by atoms with E-state index in [1.807, 2.05) is 38.1 Å². The van der Waals surface area contributed by atoms with Crippen molar-refractivity contribution >= 4 is 39.9 Å². The number of amides is 1. The van der Waals surface area contributed by atoms with Gasteiger partial charge in [-0.2, -0.15) is 0 Å².